The first-order valence-corrected chi connectivity index (χ1v) is 8.50. The second-order valence-electron chi connectivity index (χ2n) is 6.52. The quantitative estimate of drug-likeness (QED) is 0.926. The Morgan fingerprint density at radius 3 is 2.67 bits per heavy atom. The minimum Gasteiger partial charge on any atom is -0.396 e. The first-order chi connectivity index (χ1) is 10.3. The Labute approximate surface area is 127 Å². The second kappa shape index (κ2) is 6.73. The Hall–Kier alpha value is -1.16. The topological polar surface area (TPSA) is 49.2 Å². The van der Waals surface area contributed by atoms with Gasteiger partial charge in [-0.2, -0.15) is 0 Å². The van der Waals surface area contributed by atoms with E-state index in [1.807, 2.05) is 6.92 Å². The third-order valence-electron chi connectivity index (χ3n) is 4.96. The Balaban J connectivity index is 1.72. The van der Waals surface area contributed by atoms with E-state index in [9.17, 15) is 0 Å². The number of fused-ring (bicyclic) bond motifs is 1. The van der Waals surface area contributed by atoms with Crippen LogP contribution in [0.1, 0.15) is 55.6 Å². The number of aromatic nitrogens is 2. The lowest BCUT2D eigenvalue weighted by molar-refractivity contribution is 0.261. The Morgan fingerprint density at radius 2 is 1.90 bits per heavy atom. The summed E-state index contributed by atoms with van der Waals surface area (Å²) < 4.78 is 0. The molecule has 1 fully saturated rings. The highest BCUT2D eigenvalue weighted by molar-refractivity contribution is 5.50. The molecule has 0 saturated carbocycles. The molecule has 0 atom stereocenters. The number of rotatable bonds is 4. The fourth-order valence-electron chi connectivity index (χ4n) is 3.77. The molecule has 1 aromatic heterocycles. The molecule has 2 aliphatic rings. The average molecular weight is 289 g/mol. The lowest BCUT2D eigenvalue weighted by Crippen LogP contribution is -2.35. The number of hydrogen-bond donors (Lipinski definition) is 1. The van der Waals surface area contributed by atoms with Gasteiger partial charge in [-0.25, -0.2) is 9.97 Å². The molecule has 4 heteroatoms. The highest BCUT2D eigenvalue weighted by Crippen LogP contribution is 2.31. The Kier molecular flexibility index (Phi) is 4.73. The lowest BCUT2D eigenvalue weighted by atomic mass is 9.91. The highest BCUT2D eigenvalue weighted by Gasteiger charge is 2.24. The number of hydrogen-bond acceptors (Lipinski definition) is 4. The minimum absolute atomic E-state index is 0.332. The van der Waals surface area contributed by atoms with Crippen LogP contribution in [0.15, 0.2) is 0 Å². The predicted molar refractivity (Wildman–Crippen MR) is 84.7 cm³/mol. The highest BCUT2D eigenvalue weighted by atomic mass is 16.2. The number of piperidine rings is 1. The zero-order valence-electron chi connectivity index (χ0n) is 13.1. The number of aryl methyl sites for hydroxylation is 2. The van der Waals surface area contributed by atoms with Crippen LogP contribution < -0.4 is 4.90 Å². The van der Waals surface area contributed by atoms with Crippen molar-refractivity contribution in [3.8, 4) is 0 Å². The molecule has 1 aliphatic carbocycles. The predicted octanol–water partition coefficient (Wildman–Crippen LogP) is 2.65. The van der Waals surface area contributed by atoms with E-state index in [2.05, 4.69) is 9.88 Å². The van der Waals surface area contributed by atoms with Gasteiger partial charge in [0.25, 0.3) is 0 Å². The number of anilines is 1. The maximum absolute atomic E-state index is 8.96. The fraction of sp³-hybridized carbons (Fsp3) is 0.765. The normalized spacial score (nSPS) is 19.6. The van der Waals surface area contributed by atoms with Crippen molar-refractivity contribution in [3.05, 3.63) is 17.1 Å². The zero-order chi connectivity index (χ0) is 14.7. The number of aliphatic hydroxyl groups excluding tert-OH is 1. The van der Waals surface area contributed by atoms with Gasteiger partial charge in [-0.05, 0) is 64.2 Å². The van der Waals surface area contributed by atoms with Crippen molar-refractivity contribution in [1.82, 2.24) is 9.97 Å². The summed E-state index contributed by atoms with van der Waals surface area (Å²) in [6, 6.07) is 0. The van der Waals surface area contributed by atoms with Crippen LogP contribution in [0.2, 0.25) is 0 Å². The molecule has 0 aromatic carbocycles. The standard InChI is InChI=1S/C17H27N3O/c1-13-18-16-7-3-2-6-15(16)17(19-13)20-10-8-14(9-11-20)5-4-12-21/h14,21H,2-12H2,1H3. The summed E-state index contributed by atoms with van der Waals surface area (Å²) in [4.78, 5) is 11.9. The molecule has 1 saturated heterocycles. The summed E-state index contributed by atoms with van der Waals surface area (Å²) in [6.45, 7) is 4.57. The third-order valence-corrected chi connectivity index (χ3v) is 4.96. The smallest absolute Gasteiger partial charge is 0.135 e. The number of aliphatic hydroxyl groups is 1. The summed E-state index contributed by atoms with van der Waals surface area (Å²) in [6.07, 6.45) is 9.41. The van der Waals surface area contributed by atoms with Crippen molar-refractivity contribution in [2.24, 2.45) is 5.92 Å². The molecule has 116 valence electrons. The third kappa shape index (κ3) is 3.37. The van der Waals surface area contributed by atoms with Gasteiger partial charge >= 0.3 is 0 Å². The van der Waals surface area contributed by atoms with Gasteiger partial charge in [0.15, 0.2) is 0 Å². The van der Waals surface area contributed by atoms with Crippen molar-refractivity contribution >= 4 is 5.82 Å². The molecule has 0 radical (unpaired) electrons. The molecule has 1 aliphatic heterocycles. The second-order valence-corrected chi connectivity index (χ2v) is 6.52. The van der Waals surface area contributed by atoms with Gasteiger partial charge in [0, 0.05) is 31.0 Å². The molecule has 0 bridgehead atoms. The minimum atomic E-state index is 0.332. The van der Waals surface area contributed by atoms with Gasteiger partial charge in [0.1, 0.15) is 11.6 Å². The van der Waals surface area contributed by atoms with E-state index in [1.54, 1.807) is 0 Å². The van der Waals surface area contributed by atoms with E-state index in [0.717, 1.165) is 44.1 Å². The lowest BCUT2D eigenvalue weighted by Gasteiger charge is -2.35. The maximum atomic E-state index is 8.96. The van der Waals surface area contributed by atoms with Crippen molar-refractivity contribution < 1.29 is 5.11 Å². The van der Waals surface area contributed by atoms with Crippen molar-refractivity contribution in [2.75, 3.05) is 24.6 Å². The fourth-order valence-corrected chi connectivity index (χ4v) is 3.77. The van der Waals surface area contributed by atoms with E-state index >= 15 is 0 Å². The van der Waals surface area contributed by atoms with Gasteiger partial charge in [0.2, 0.25) is 0 Å². The molecule has 1 N–H and O–H groups in total. The van der Waals surface area contributed by atoms with Crippen LogP contribution in [0.5, 0.6) is 0 Å². The number of nitrogens with zero attached hydrogens (tertiary/aromatic N) is 3. The van der Waals surface area contributed by atoms with Gasteiger partial charge < -0.3 is 10.0 Å². The Morgan fingerprint density at radius 1 is 1.14 bits per heavy atom. The van der Waals surface area contributed by atoms with Crippen LogP contribution in [0.3, 0.4) is 0 Å². The molecule has 2 heterocycles. The van der Waals surface area contributed by atoms with Gasteiger partial charge in [0.05, 0.1) is 0 Å². The largest absolute Gasteiger partial charge is 0.396 e. The molecule has 0 amide bonds. The molecule has 1 aromatic rings. The summed E-state index contributed by atoms with van der Waals surface area (Å²) in [5, 5.41) is 8.96. The van der Waals surface area contributed by atoms with Crippen LogP contribution in [-0.2, 0) is 12.8 Å². The van der Waals surface area contributed by atoms with Crippen LogP contribution in [0.25, 0.3) is 0 Å². The molecule has 0 spiro atoms. The molecule has 4 nitrogen and oxygen atoms in total. The molecule has 21 heavy (non-hydrogen) atoms. The molecular weight excluding hydrogens is 262 g/mol. The summed E-state index contributed by atoms with van der Waals surface area (Å²) in [5.41, 5.74) is 2.71. The van der Waals surface area contributed by atoms with Crippen molar-refractivity contribution in [2.45, 2.75) is 58.3 Å². The van der Waals surface area contributed by atoms with Crippen LogP contribution in [0.4, 0.5) is 5.82 Å². The van der Waals surface area contributed by atoms with Crippen LogP contribution >= 0.6 is 0 Å². The van der Waals surface area contributed by atoms with E-state index in [-0.39, 0.29) is 0 Å². The van der Waals surface area contributed by atoms with E-state index < -0.39 is 0 Å². The monoisotopic (exact) mass is 289 g/mol. The maximum Gasteiger partial charge on any atom is 0.135 e. The van der Waals surface area contributed by atoms with Crippen molar-refractivity contribution in [1.29, 1.82) is 0 Å². The van der Waals surface area contributed by atoms with E-state index in [0.29, 0.717) is 6.61 Å². The molecular formula is C17H27N3O. The summed E-state index contributed by atoms with van der Waals surface area (Å²) >= 11 is 0. The summed E-state index contributed by atoms with van der Waals surface area (Å²) in [7, 11) is 0. The van der Waals surface area contributed by atoms with Gasteiger partial charge in [-0.1, -0.05) is 0 Å². The van der Waals surface area contributed by atoms with Crippen LogP contribution in [-0.4, -0.2) is 34.8 Å². The van der Waals surface area contributed by atoms with E-state index in [4.69, 9.17) is 10.1 Å². The summed E-state index contributed by atoms with van der Waals surface area (Å²) in [5.74, 6) is 2.93. The van der Waals surface area contributed by atoms with E-state index in [1.165, 1.54) is 49.2 Å². The first-order valence-electron chi connectivity index (χ1n) is 8.50. The average Bonchev–Trinajstić information content (AvgIpc) is 2.52. The van der Waals surface area contributed by atoms with Gasteiger partial charge in [-0.3, -0.25) is 0 Å². The van der Waals surface area contributed by atoms with Crippen LogP contribution in [0, 0.1) is 12.8 Å². The SMILES string of the molecule is Cc1nc2c(c(N3CCC(CCCO)CC3)n1)CCCC2. The van der Waals surface area contributed by atoms with Crippen molar-refractivity contribution in [3.63, 3.8) is 0 Å². The zero-order valence-corrected chi connectivity index (χ0v) is 13.1. The van der Waals surface area contributed by atoms with Gasteiger partial charge in [-0.15, -0.1) is 0 Å². The Bertz CT molecular complexity index is 481. The molecule has 3 rings (SSSR count). The first kappa shape index (κ1) is 14.8. The molecule has 0 unspecified atom stereocenters.